The second kappa shape index (κ2) is 5.63. The summed E-state index contributed by atoms with van der Waals surface area (Å²) in [5, 5.41) is 7.59. The lowest BCUT2D eigenvalue weighted by Gasteiger charge is -2.08. The highest BCUT2D eigenvalue weighted by Crippen LogP contribution is 2.21. The summed E-state index contributed by atoms with van der Waals surface area (Å²) in [4.78, 5) is 0. The molecule has 1 N–H and O–H groups in total. The van der Waals surface area contributed by atoms with E-state index in [1.165, 1.54) is 18.9 Å². The molecule has 106 valence electrons. The Morgan fingerprint density at radius 1 is 1.40 bits per heavy atom. The predicted molar refractivity (Wildman–Crippen MR) is 73.8 cm³/mol. The van der Waals surface area contributed by atoms with E-state index in [4.69, 9.17) is 4.74 Å². The number of rotatable bonds is 6. The molecular weight excluding hydrogens is 257 g/mol. The smallest absolute Gasteiger partial charge is 0.132 e. The molecule has 0 unspecified atom stereocenters. The van der Waals surface area contributed by atoms with Crippen molar-refractivity contribution in [2.75, 3.05) is 0 Å². The lowest BCUT2D eigenvalue weighted by atomic mass is 10.2. The molecule has 0 amide bonds. The minimum Gasteiger partial charge on any atom is -0.487 e. The third kappa shape index (κ3) is 3.57. The summed E-state index contributed by atoms with van der Waals surface area (Å²) < 4.78 is 20.9. The Labute approximate surface area is 117 Å². The predicted octanol–water partition coefficient (Wildman–Crippen LogP) is 2.39. The van der Waals surface area contributed by atoms with Gasteiger partial charge in [-0.1, -0.05) is 0 Å². The van der Waals surface area contributed by atoms with Crippen LogP contribution in [0.1, 0.15) is 24.1 Å². The zero-order valence-electron chi connectivity index (χ0n) is 11.5. The summed E-state index contributed by atoms with van der Waals surface area (Å²) in [6, 6.07) is 7.32. The molecule has 2 aromatic rings. The lowest BCUT2D eigenvalue weighted by molar-refractivity contribution is 0.298. The fraction of sp³-hybridized carbons (Fsp3) is 0.400. The van der Waals surface area contributed by atoms with E-state index in [1.54, 1.807) is 10.7 Å². The number of aromatic nitrogens is 2. The summed E-state index contributed by atoms with van der Waals surface area (Å²) in [7, 11) is 1.85. The summed E-state index contributed by atoms with van der Waals surface area (Å²) in [5.74, 6) is 0.277. The third-order valence-corrected chi connectivity index (χ3v) is 3.26. The van der Waals surface area contributed by atoms with E-state index in [2.05, 4.69) is 10.4 Å². The van der Waals surface area contributed by atoms with E-state index in [9.17, 15) is 4.39 Å². The monoisotopic (exact) mass is 275 g/mol. The molecule has 1 saturated carbocycles. The highest BCUT2D eigenvalue weighted by molar-refractivity contribution is 5.30. The second-order valence-electron chi connectivity index (χ2n) is 5.22. The molecule has 1 aliphatic carbocycles. The Kier molecular flexibility index (Phi) is 3.69. The molecule has 5 heteroatoms. The molecule has 1 aromatic heterocycles. The molecule has 1 aliphatic rings. The maximum absolute atomic E-state index is 13.6. The van der Waals surface area contributed by atoms with Crippen molar-refractivity contribution in [1.82, 2.24) is 15.1 Å². The third-order valence-electron chi connectivity index (χ3n) is 3.26. The summed E-state index contributed by atoms with van der Waals surface area (Å²) in [5.41, 5.74) is 1.74. The fourth-order valence-electron chi connectivity index (χ4n) is 2.05. The first-order valence-corrected chi connectivity index (χ1v) is 6.83. The number of hydrogen-bond acceptors (Lipinski definition) is 3. The topological polar surface area (TPSA) is 39.1 Å². The maximum atomic E-state index is 13.6. The van der Waals surface area contributed by atoms with Gasteiger partial charge < -0.3 is 10.1 Å². The van der Waals surface area contributed by atoms with Gasteiger partial charge in [-0.15, -0.1) is 0 Å². The van der Waals surface area contributed by atoms with Gasteiger partial charge in [0.05, 0.1) is 5.69 Å². The van der Waals surface area contributed by atoms with Crippen LogP contribution in [0.5, 0.6) is 5.75 Å². The number of nitrogens with zero attached hydrogens (tertiary/aromatic N) is 2. The van der Waals surface area contributed by atoms with Crippen LogP contribution in [0.4, 0.5) is 4.39 Å². The first-order chi connectivity index (χ1) is 9.69. The van der Waals surface area contributed by atoms with Gasteiger partial charge in [0.1, 0.15) is 18.2 Å². The fourth-order valence-corrected chi connectivity index (χ4v) is 2.05. The largest absolute Gasteiger partial charge is 0.487 e. The standard InChI is InChI=1S/C15H18FN3O/c1-19-5-4-14(18-19)10-20-15-7-11(6-12(16)8-15)9-17-13-2-3-13/h4-8,13,17H,2-3,9-10H2,1H3. The van der Waals surface area contributed by atoms with Crippen molar-refractivity contribution < 1.29 is 9.13 Å². The quantitative estimate of drug-likeness (QED) is 0.880. The second-order valence-corrected chi connectivity index (χ2v) is 5.22. The Bertz CT molecular complexity index is 593. The minimum absolute atomic E-state index is 0.267. The van der Waals surface area contributed by atoms with Gasteiger partial charge in [0, 0.05) is 31.9 Å². The van der Waals surface area contributed by atoms with E-state index < -0.39 is 0 Å². The zero-order valence-corrected chi connectivity index (χ0v) is 11.5. The van der Waals surface area contributed by atoms with Crippen LogP contribution in [0.3, 0.4) is 0 Å². The Morgan fingerprint density at radius 3 is 2.95 bits per heavy atom. The first kappa shape index (κ1) is 13.1. The van der Waals surface area contributed by atoms with Crippen LogP contribution < -0.4 is 10.1 Å². The average molecular weight is 275 g/mol. The number of nitrogens with one attached hydrogen (secondary N) is 1. The molecule has 1 heterocycles. The van der Waals surface area contributed by atoms with Gasteiger partial charge in [0.15, 0.2) is 0 Å². The molecule has 0 atom stereocenters. The van der Waals surface area contributed by atoms with Gasteiger partial charge in [0.25, 0.3) is 0 Å². The number of benzene rings is 1. The molecule has 20 heavy (non-hydrogen) atoms. The maximum Gasteiger partial charge on any atom is 0.132 e. The lowest BCUT2D eigenvalue weighted by Crippen LogP contribution is -2.15. The Hall–Kier alpha value is -1.88. The Morgan fingerprint density at radius 2 is 2.25 bits per heavy atom. The SMILES string of the molecule is Cn1ccc(COc2cc(F)cc(CNC3CC3)c2)n1. The van der Waals surface area contributed by atoms with Gasteiger partial charge in [-0.2, -0.15) is 5.10 Å². The van der Waals surface area contributed by atoms with Crippen LogP contribution in [0.15, 0.2) is 30.5 Å². The molecule has 0 bridgehead atoms. The van der Waals surface area contributed by atoms with Gasteiger partial charge >= 0.3 is 0 Å². The molecule has 0 spiro atoms. The summed E-state index contributed by atoms with van der Waals surface area (Å²) in [6.07, 6.45) is 4.30. The number of aryl methyl sites for hydroxylation is 1. The summed E-state index contributed by atoms with van der Waals surface area (Å²) in [6.45, 7) is 1.03. The van der Waals surface area contributed by atoms with Crippen molar-refractivity contribution in [2.24, 2.45) is 7.05 Å². The van der Waals surface area contributed by atoms with Gasteiger partial charge in [-0.25, -0.2) is 4.39 Å². The van der Waals surface area contributed by atoms with Crippen LogP contribution in [0, 0.1) is 5.82 Å². The highest BCUT2D eigenvalue weighted by Gasteiger charge is 2.20. The Balaban J connectivity index is 1.62. The van der Waals surface area contributed by atoms with Gasteiger partial charge in [0.2, 0.25) is 0 Å². The van der Waals surface area contributed by atoms with E-state index in [0.717, 1.165) is 11.3 Å². The average Bonchev–Trinajstić information content (AvgIpc) is 3.15. The van der Waals surface area contributed by atoms with Crippen molar-refractivity contribution in [2.45, 2.75) is 32.0 Å². The van der Waals surface area contributed by atoms with Crippen molar-refractivity contribution in [1.29, 1.82) is 0 Å². The molecule has 3 rings (SSSR count). The van der Waals surface area contributed by atoms with E-state index in [0.29, 0.717) is 24.9 Å². The molecule has 1 aromatic carbocycles. The molecule has 0 saturated heterocycles. The molecule has 0 radical (unpaired) electrons. The van der Waals surface area contributed by atoms with Gasteiger partial charge in [-0.3, -0.25) is 4.68 Å². The molecule has 0 aliphatic heterocycles. The van der Waals surface area contributed by atoms with E-state index in [-0.39, 0.29) is 5.82 Å². The normalized spacial score (nSPS) is 14.5. The van der Waals surface area contributed by atoms with E-state index in [1.807, 2.05) is 25.4 Å². The van der Waals surface area contributed by atoms with Crippen LogP contribution in [-0.4, -0.2) is 15.8 Å². The number of ether oxygens (including phenoxy) is 1. The molecule has 1 fully saturated rings. The highest BCUT2D eigenvalue weighted by atomic mass is 19.1. The van der Waals surface area contributed by atoms with Crippen molar-refractivity contribution in [3.63, 3.8) is 0 Å². The van der Waals surface area contributed by atoms with Crippen molar-refractivity contribution >= 4 is 0 Å². The van der Waals surface area contributed by atoms with Crippen molar-refractivity contribution in [3.8, 4) is 5.75 Å². The van der Waals surface area contributed by atoms with Crippen molar-refractivity contribution in [3.05, 3.63) is 47.5 Å². The zero-order chi connectivity index (χ0) is 13.9. The summed E-state index contributed by atoms with van der Waals surface area (Å²) >= 11 is 0. The number of halogens is 1. The van der Waals surface area contributed by atoms with E-state index >= 15 is 0 Å². The van der Waals surface area contributed by atoms with Crippen LogP contribution in [0.2, 0.25) is 0 Å². The molecule has 4 nitrogen and oxygen atoms in total. The number of hydrogen-bond donors (Lipinski definition) is 1. The minimum atomic E-state index is -0.267. The van der Waals surface area contributed by atoms with Crippen LogP contribution in [-0.2, 0) is 20.2 Å². The molecular formula is C15H18FN3O. The van der Waals surface area contributed by atoms with Crippen LogP contribution in [0.25, 0.3) is 0 Å². The van der Waals surface area contributed by atoms with Gasteiger partial charge in [-0.05, 0) is 36.6 Å². The first-order valence-electron chi connectivity index (χ1n) is 6.83. The van der Waals surface area contributed by atoms with Crippen LogP contribution >= 0.6 is 0 Å².